The van der Waals surface area contributed by atoms with Crippen LogP contribution in [-0.4, -0.2) is 54.0 Å². The molecule has 0 fully saturated rings. The van der Waals surface area contributed by atoms with E-state index < -0.39 is 20.0 Å². The third-order valence-corrected chi connectivity index (χ3v) is 14.6. The molecule has 11 heteroatoms. The summed E-state index contributed by atoms with van der Waals surface area (Å²) in [5.74, 6) is 2.50. The van der Waals surface area contributed by atoms with Gasteiger partial charge in [-0.15, -0.1) is 0 Å². The minimum atomic E-state index is -3.84. The Morgan fingerprint density at radius 1 is 0.596 bits per heavy atom. The second kappa shape index (κ2) is 15.3. The van der Waals surface area contributed by atoms with Gasteiger partial charge in [-0.05, 0) is 82.1 Å². The zero-order valence-electron chi connectivity index (χ0n) is 27.6. The summed E-state index contributed by atoms with van der Waals surface area (Å²) in [5.41, 5.74) is 6.44. The van der Waals surface area contributed by atoms with Crippen LogP contribution in [0, 0.1) is 20.8 Å². The first kappa shape index (κ1) is 35.6. The van der Waals surface area contributed by atoms with Crippen LogP contribution in [0.4, 0.5) is 0 Å². The van der Waals surface area contributed by atoms with Gasteiger partial charge in [-0.25, -0.2) is 16.8 Å². The number of benzene rings is 3. The Bertz CT molecular complexity index is 1770. The van der Waals surface area contributed by atoms with E-state index >= 15 is 0 Å². The number of rotatable bonds is 4. The zero-order chi connectivity index (χ0) is 33.8. The highest BCUT2D eigenvalue weighted by Gasteiger charge is 2.32. The first-order chi connectivity index (χ1) is 22.3. The molecule has 0 unspecified atom stereocenters. The fourth-order valence-electron chi connectivity index (χ4n) is 5.66. The summed E-state index contributed by atoms with van der Waals surface area (Å²) in [5, 5.41) is 0. The Morgan fingerprint density at radius 3 is 1.40 bits per heavy atom. The van der Waals surface area contributed by atoms with Crippen LogP contribution in [0.1, 0.15) is 53.1 Å². The summed E-state index contributed by atoms with van der Waals surface area (Å²) in [7, 11) is -7.68. The summed E-state index contributed by atoms with van der Waals surface area (Å²) in [6, 6.07) is 25.3. The van der Waals surface area contributed by atoms with Crippen molar-refractivity contribution in [2.75, 3.05) is 11.5 Å². The molecule has 0 radical (unpaired) electrons. The SMILES string of the molecule is Cc1ccc(S(=O)(=O)N2Cc3cc(C)cc(c3)CN(S(=O)(=O)c3ccc(C)cc3)[C@@H](C)CSCc3cccc(n3)CSC[C@@H]2C)cc1. The molecule has 0 saturated heterocycles. The van der Waals surface area contributed by atoms with Gasteiger partial charge in [-0.1, -0.05) is 65.2 Å². The molecule has 47 heavy (non-hydrogen) atoms. The number of thioether (sulfide) groups is 2. The van der Waals surface area contributed by atoms with Crippen LogP contribution in [-0.2, 0) is 44.6 Å². The van der Waals surface area contributed by atoms with Gasteiger partial charge in [0.15, 0.2) is 0 Å². The topological polar surface area (TPSA) is 87.7 Å². The quantitative estimate of drug-likeness (QED) is 0.219. The van der Waals surface area contributed by atoms with Gasteiger partial charge >= 0.3 is 0 Å². The highest BCUT2D eigenvalue weighted by atomic mass is 32.2. The monoisotopic (exact) mass is 709 g/mol. The molecule has 0 spiro atoms. The molecule has 4 aromatic rings. The second-order valence-electron chi connectivity index (χ2n) is 12.4. The van der Waals surface area contributed by atoms with E-state index in [0.717, 1.165) is 39.2 Å². The average molecular weight is 710 g/mol. The molecule has 3 aromatic carbocycles. The highest BCUT2D eigenvalue weighted by molar-refractivity contribution is 7.98. The van der Waals surface area contributed by atoms with Gasteiger partial charge in [0.2, 0.25) is 20.0 Å². The van der Waals surface area contributed by atoms with Crippen molar-refractivity contribution in [3.8, 4) is 0 Å². The van der Waals surface area contributed by atoms with Crippen molar-refractivity contribution in [2.24, 2.45) is 0 Å². The van der Waals surface area contributed by atoms with Gasteiger partial charge < -0.3 is 0 Å². The molecule has 0 amide bonds. The Kier molecular flexibility index (Phi) is 11.6. The molecule has 4 bridgehead atoms. The zero-order valence-corrected chi connectivity index (χ0v) is 30.9. The molecule has 5 rings (SSSR count). The highest BCUT2D eigenvalue weighted by Crippen LogP contribution is 2.28. The Morgan fingerprint density at radius 2 is 1.00 bits per heavy atom. The van der Waals surface area contributed by atoms with E-state index in [1.54, 1.807) is 56.4 Å². The van der Waals surface area contributed by atoms with Crippen LogP contribution in [0.2, 0.25) is 0 Å². The largest absolute Gasteiger partial charge is 0.256 e. The number of nitrogens with zero attached hydrogens (tertiary/aromatic N) is 3. The van der Waals surface area contributed by atoms with Crippen molar-refractivity contribution in [1.29, 1.82) is 0 Å². The predicted molar refractivity (Wildman–Crippen MR) is 194 cm³/mol. The summed E-state index contributed by atoms with van der Waals surface area (Å²) in [6.45, 7) is 10.1. The normalized spacial score (nSPS) is 19.5. The molecular weight excluding hydrogens is 667 g/mol. The van der Waals surface area contributed by atoms with E-state index in [-0.39, 0.29) is 35.0 Å². The smallest absolute Gasteiger partial charge is 0.243 e. The molecule has 0 saturated carbocycles. The third kappa shape index (κ3) is 8.87. The second-order valence-corrected chi connectivity index (χ2v) is 18.2. The number of sulfonamides is 2. The van der Waals surface area contributed by atoms with E-state index in [2.05, 4.69) is 0 Å². The minimum Gasteiger partial charge on any atom is -0.256 e. The molecule has 1 aromatic heterocycles. The Balaban J connectivity index is 1.57. The summed E-state index contributed by atoms with van der Waals surface area (Å²) in [6.07, 6.45) is 0. The maximum absolute atomic E-state index is 14.2. The van der Waals surface area contributed by atoms with E-state index in [1.807, 2.05) is 95.3 Å². The molecule has 250 valence electrons. The number of pyridine rings is 1. The fourth-order valence-corrected chi connectivity index (χ4v) is 11.1. The maximum atomic E-state index is 14.2. The lowest BCUT2D eigenvalue weighted by atomic mass is 10.1. The van der Waals surface area contributed by atoms with Crippen molar-refractivity contribution >= 4 is 43.6 Å². The van der Waals surface area contributed by atoms with Gasteiger partial charge in [0.05, 0.1) is 21.2 Å². The number of aromatic nitrogens is 1. The summed E-state index contributed by atoms with van der Waals surface area (Å²) in [4.78, 5) is 5.37. The van der Waals surface area contributed by atoms with Crippen LogP contribution in [0.3, 0.4) is 0 Å². The van der Waals surface area contributed by atoms with Gasteiger partial charge in [-0.2, -0.15) is 32.1 Å². The van der Waals surface area contributed by atoms with Crippen LogP contribution in [0.5, 0.6) is 0 Å². The average Bonchev–Trinajstić information content (AvgIpc) is 3.02. The lowest BCUT2D eigenvalue weighted by Gasteiger charge is -2.30. The minimum absolute atomic E-state index is 0.163. The molecule has 0 aliphatic carbocycles. The van der Waals surface area contributed by atoms with Crippen LogP contribution in [0.25, 0.3) is 0 Å². The Hall–Kier alpha value is -2.67. The molecule has 1 aliphatic heterocycles. The standard InChI is InChI=1S/C36H43N3O4S4/c1-26-9-13-35(14-10-26)46(40,41)38-20-31-17-28(3)18-32(19-31)21-39(47(42,43)36-15-11-27(2)12-16-36)30(5)23-45-25-34-8-6-7-33(37-34)24-44-22-29(38)4/h6-19,29-30H,20-25H2,1-5H3/t29-,30-/m0/s1. The molecular formula is C36H43N3O4S4. The predicted octanol–water partition coefficient (Wildman–Crippen LogP) is 7.35. The summed E-state index contributed by atoms with van der Waals surface area (Å²) >= 11 is 3.35. The van der Waals surface area contributed by atoms with E-state index in [0.29, 0.717) is 23.0 Å². The van der Waals surface area contributed by atoms with Crippen molar-refractivity contribution in [2.45, 2.75) is 81.1 Å². The molecule has 7 nitrogen and oxygen atoms in total. The van der Waals surface area contributed by atoms with Crippen molar-refractivity contribution in [3.63, 3.8) is 0 Å². The maximum Gasteiger partial charge on any atom is 0.243 e. The van der Waals surface area contributed by atoms with E-state index in [1.165, 1.54) is 0 Å². The van der Waals surface area contributed by atoms with Crippen LogP contribution in [0.15, 0.2) is 94.7 Å². The van der Waals surface area contributed by atoms with Gasteiger partial charge in [-0.3, -0.25) is 4.98 Å². The lowest BCUT2D eigenvalue weighted by molar-refractivity contribution is 0.348. The number of hydrogen-bond donors (Lipinski definition) is 0. The fraction of sp³-hybridized carbons (Fsp3) is 0.361. The molecule has 0 N–H and O–H groups in total. The van der Waals surface area contributed by atoms with E-state index in [9.17, 15) is 16.8 Å². The number of aryl methyl sites for hydroxylation is 3. The van der Waals surface area contributed by atoms with Gasteiger partial charge in [0.1, 0.15) is 0 Å². The van der Waals surface area contributed by atoms with Crippen LogP contribution >= 0.6 is 23.5 Å². The lowest BCUT2D eigenvalue weighted by Crippen LogP contribution is -2.40. The van der Waals surface area contributed by atoms with Crippen molar-refractivity contribution in [3.05, 3.63) is 124 Å². The van der Waals surface area contributed by atoms with Crippen molar-refractivity contribution < 1.29 is 16.8 Å². The van der Waals surface area contributed by atoms with Gasteiger partial charge in [0.25, 0.3) is 0 Å². The van der Waals surface area contributed by atoms with Crippen LogP contribution < -0.4 is 0 Å². The van der Waals surface area contributed by atoms with E-state index in [4.69, 9.17) is 4.98 Å². The third-order valence-electron chi connectivity index (χ3n) is 8.19. The van der Waals surface area contributed by atoms with Gasteiger partial charge in [0, 0.05) is 48.2 Å². The number of hydrogen-bond acceptors (Lipinski definition) is 7. The first-order valence-corrected chi connectivity index (χ1v) is 20.9. The molecule has 2 atom stereocenters. The molecule has 1 aliphatic rings. The number of fused-ring (bicyclic) bond motifs is 4. The summed E-state index contributed by atoms with van der Waals surface area (Å²) < 4.78 is 59.9. The first-order valence-electron chi connectivity index (χ1n) is 15.7. The van der Waals surface area contributed by atoms with Crippen molar-refractivity contribution in [1.82, 2.24) is 13.6 Å². The molecule has 2 heterocycles. The Labute approximate surface area is 289 Å².